The van der Waals surface area contributed by atoms with Gasteiger partial charge in [-0.25, -0.2) is 18.7 Å². The summed E-state index contributed by atoms with van der Waals surface area (Å²) in [5, 5.41) is 3.13. The largest absolute Gasteiger partial charge is 0.495 e. The highest BCUT2D eigenvalue weighted by atomic mass is 35.5. The molecule has 0 bridgehead atoms. The van der Waals surface area contributed by atoms with Gasteiger partial charge in [-0.1, -0.05) is 30.5 Å². The number of hydrogen-bond acceptors (Lipinski definition) is 4. The Labute approximate surface area is 161 Å². The van der Waals surface area contributed by atoms with Crippen LogP contribution in [0.3, 0.4) is 0 Å². The third-order valence-corrected chi connectivity index (χ3v) is 5.00. The Hall–Kier alpha value is -2.28. The smallest absolute Gasteiger partial charge is 0.297 e. The van der Waals surface area contributed by atoms with Crippen LogP contribution in [-0.2, 0) is 0 Å². The molecule has 5 nitrogen and oxygen atoms in total. The number of rotatable bonds is 8. The summed E-state index contributed by atoms with van der Waals surface area (Å²) in [6, 6.07) is 4.99. The molecule has 0 aliphatic heterocycles. The number of carbonyl (C=O) groups is 1. The Morgan fingerprint density at radius 3 is 2.63 bits per heavy atom. The topological polar surface area (TPSA) is 64.1 Å². The zero-order valence-electron chi connectivity index (χ0n) is 14.8. The highest BCUT2D eigenvalue weighted by molar-refractivity contribution is 6.35. The second-order valence-electron chi connectivity index (χ2n) is 6.58. The van der Waals surface area contributed by atoms with E-state index < -0.39 is 12.2 Å². The van der Waals surface area contributed by atoms with Crippen molar-refractivity contribution >= 4 is 17.5 Å². The number of ether oxygens (including phenoxy) is 1. The first-order chi connectivity index (χ1) is 13.0. The molecule has 1 N–H and O–H groups in total. The number of alkyl halides is 2. The van der Waals surface area contributed by atoms with Crippen molar-refractivity contribution in [3.63, 3.8) is 0 Å². The molecule has 144 valence electrons. The van der Waals surface area contributed by atoms with E-state index in [0.29, 0.717) is 23.8 Å². The Balaban J connectivity index is 1.70. The van der Waals surface area contributed by atoms with Crippen LogP contribution in [0.15, 0.2) is 30.6 Å². The van der Waals surface area contributed by atoms with Gasteiger partial charge in [-0.05, 0) is 30.0 Å². The minimum atomic E-state index is -2.70. The van der Waals surface area contributed by atoms with Gasteiger partial charge in [-0.2, -0.15) is 0 Å². The number of hydrogen-bond donors (Lipinski definition) is 1. The summed E-state index contributed by atoms with van der Waals surface area (Å²) in [7, 11) is 1.48. The monoisotopic (exact) mass is 395 g/mol. The molecule has 1 aromatic carbocycles. The number of aromatic nitrogens is 2. The highest BCUT2D eigenvalue weighted by Gasteiger charge is 2.27. The van der Waals surface area contributed by atoms with E-state index in [1.165, 1.54) is 19.5 Å². The number of amides is 1. The standard InChI is InChI=1S/C19H20ClF2N3O2/c1-27-15-4-2-3-14(16(15)20)19(26)25-8-12(7-11-5-6-11)13-9-23-18(17(21)22)24-10-13/h2-4,9-12,17H,5-8H2,1H3,(H,25,26). The van der Waals surface area contributed by atoms with E-state index in [4.69, 9.17) is 16.3 Å². The average molecular weight is 396 g/mol. The minimum absolute atomic E-state index is 0.0439. The normalized spacial score (nSPS) is 14.9. The van der Waals surface area contributed by atoms with Gasteiger partial charge >= 0.3 is 0 Å². The van der Waals surface area contributed by atoms with Crippen molar-refractivity contribution in [1.29, 1.82) is 0 Å². The maximum absolute atomic E-state index is 12.7. The molecular formula is C19H20ClF2N3O2. The number of carbonyl (C=O) groups excluding carboxylic acids is 1. The molecule has 2 aromatic rings. The van der Waals surface area contributed by atoms with Crippen LogP contribution in [-0.4, -0.2) is 29.5 Å². The van der Waals surface area contributed by atoms with Gasteiger partial charge < -0.3 is 10.1 Å². The molecule has 3 rings (SSSR count). The first kappa shape index (κ1) is 19.5. The van der Waals surface area contributed by atoms with Crippen LogP contribution in [0, 0.1) is 5.92 Å². The molecule has 0 spiro atoms. The van der Waals surface area contributed by atoms with Crippen LogP contribution in [0.5, 0.6) is 5.75 Å². The van der Waals surface area contributed by atoms with Gasteiger partial charge in [0.2, 0.25) is 0 Å². The second kappa shape index (κ2) is 8.61. The van der Waals surface area contributed by atoms with E-state index in [1.807, 2.05) is 0 Å². The van der Waals surface area contributed by atoms with E-state index in [-0.39, 0.29) is 16.8 Å². The summed E-state index contributed by atoms with van der Waals surface area (Å²) in [5.74, 6) is 0.162. The molecule has 1 atom stereocenters. The summed E-state index contributed by atoms with van der Waals surface area (Å²) in [6.45, 7) is 0.347. The summed E-state index contributed by atoms with van der Waals surface area (Å²) >= 11 is 6.20. The zero-order valence-corrected chi connectivity index (χ0v) is 15.5. The first-order valence-corrected chi connectivity index (χ1v) is 9.08. The van der Waals surface area contributed by atoms with E-state index in [9.17, 15) is 13.6 Å². The molecule has 1 heterocycles. The lowest BCUT2D eigenvalue weighted by molar-refractivity contribution is 0.0950. The number of benzene rings is 1. The minimum Gasteiger partial charge on any atom is -0.495 e. The van der Waals surface area contributed by atoms with Crippen LogP contribution in [0.25, 0.3) is 0 Å². The summed E-state index contributed by atoms with van der Waals surface area (Å²) in [6.07, 6.45) is 3.28. The predicted molar refractivity (Wildman–Crippen MR) is 97.4 cm³/mol. The van der Waals surface area contributed by atoms with Crippen LogP contribution in [0.4, 0.5) is 8.78 Å². The maximum atomic E-state index is 12.7. The van der Waals surface area contributed by atoms with Crippen molar-refractivity contribution in [2.75, 3.05) is 13.7 Å². The van der Waals surface area contributed by atoms with Gasteiger partial charge in [0.05, 0.1) is 17.7 Å². The third kappa shape index (κ3) is 4.91. The molecule has 1 amide bonds. The van der Waals surface area contributed by atoms with Gasteiger partial charge in [0.25, 0.3) is 12.3 Å². The SMILES string of the molecule is COc1cccc(C(=O)NCC(CC2CC2)c2cnc(C(F)F)nc2)c1Cl. The summed E-state index contributed by atoms with van der Waals surface area (Å²) in [4.78, 5) is 20.0. The van der Waals surface area contributed by atoms with E-state index in [0.717, 1.165) is 24.8 Å². The molecule has 1 aromatic heterocycles. The Kier molecular flexibility index (Phi) is 6.21. The van der Waals surface area contributed by atoms with Gasteiger partial charge in [0.1, 0.15) is 5.75 Å². The fraction of sp³-hybridized carbons (Fsp3) is 0.421. The molecule has 8 heteroatoms. The van der Waals surface area contributed by atoms with Gasteiger partial charge in [0, 0.05) is 24.9 Å². The van der Waals surface area contributed by atoms with Crippen LogP contribution < -0.4 is 10.1 Å². The highest BCUT2D eigenvalue weighted by Crippen LogP contribution is 2.38. The van der Waals surface area contributed by atoms with E-state index in [2.05, 4.69) is 15.3 Å². The molecule has 27 heavy (non-hydrogen) atoms. The lowest BCUT2D eigenvalue weighted by Gasteiger charge is -2.18. The Bertz CT molecular complexity index is 798. The van der Waals surface area contributed by atoms with E-state index in [1.54, 1.807) is 18.2 Å². The molecule has 1 unspecified atom stereocenters. The van der Waals surface area contributed by atoms with E-state index >= 15 is 0 Å². The third-order valence-electron chi connectivity index (χ3n) is 4.61. The quantitative estimate of drug-likeness (QED) is 0.720. The van der Waals surface area contributed by atoms with Crippen molar-refractivity contribution in [3.05, 3.63) is 52.6 Å². The Morgan fingerprint density at radius 1 is 1.33 bits per heavy atom. The van der Waals surface area contributed by atoms with Crippen LogP contribution in [0.1, 0.15) is 53.4 Å². The molecule has 1 fully saturated rings. The number of halogens is 3. The van der Waals surface area contributed by atoms with Crippen molar-refractivity contribution in [2.24, 2.45) is 5.92 Å². The Morgan fingerprint density at radius 2 is 2.04 bits per heavy atom. The second-order valence-corrected chi connectivity index (χ2v) is 6.96. The van der Waals surface area contributed by atoms with Crippen molar-refractivity contribution < 1.29 is 18.3 Å². The van der Waals surface area contributed by atoms with Gasteiger partial charge in [-0.3, -0.25) is 4.79 Å². The fourth-order valence-electron chi connectivity index (χ4n) is 2.92. The molecule has 1 aliphatic rings. The lowest BCUT2D eigenvalue weighted by Crippen LogP contribution is -2.29. The van der Waals surface area contributed by atoms with Gasteiger partial charge in [-0.15, -0.1) is 0 Å². The molecule has 1 saturated carbocycles. The molecule has 0 saturated heterocycles. The van der Waals surface area contributed by atoms with Crippen molar-refractivity contribution in [3.8, 4) is 5.75 Å². The van der Waals surface area contributed by atoms with Crippen LogP contribution >= 0.6 is 11.6 Å². The first-order valence-electron chi connectivity index (χ1n) is 8.70. The van der Waals surface area contributed by atoms with Crippen LogP contribution in [0.2, 0.25) is 5.02 Å². The number of nitrogens with one attached hydrogen (secondary N) is 1. The number of nitrogens with zero attached hydrogens (tertiary/aromatic N) is 2. The maximum Gasteiger partial charge on any atom is 0.297 e. The number of methoxy groups -OCH3 is 1. The van der Waals surface area contributed by atoms with Crippen molar-refractivity contribution in [1.82, 2.24) is 15.3 Å². The average Bonchev–Trinajstić information content (AvgIpc) is 3.49. The van der Waals surface area contributed by atoms with Crippen molar-refractivity contribution in [2.45, 2.75) is 31.6 Å². The summed E-state index contributed by atoms with van der Waals surface area (Å²) in [5.41, 5.74) is 1.06. The summed E-state index contributed by atoms with van der Waals surface area (Å²) < 4.78 is 30.4. The zero-order chi connectivity index (χ0) is 19.4. The van der Waals surface area contributed by atoms with Gasteiger partial charge in [0.15, 0.2) is 5.82 Å². The molecule has 1 aliphatic carbocycles. The fourth-order valence-corrected chi connectivity index (χ4v) is 3.21. The predicted octanol–water partition coefficient (Wildman–Crippen LogP) is 4.39. The lowest BCUT2D eigenvalue weighted by atomic mass is 9.95. The molecule has 0 radical (unpaired) electrons. The molecular weight excluding hydrogens is 376 g/mol.